The van der Waals surface area contributed by atoms with Gasteiger partial charge in [-0.15, -0.1) is 0 Å². The smallest absolute Gasteiger partial charge is 0.325 e. The van der Waals surface area contributed by atoms with Crippen LogP contribution in [0.3, 0.4) is 0 Å². The van der Waals surface area contributed by atoms with Gasteiger partial charge in [-0.1, -0.05) is 0 Å². The second-order valence-electron chi connectivity index (χ2n) is 7.19. The average Bonchev–Trinajstić information content (AvgIpc) is 3.16. The van der Waals surface area contributed by atoms with E-state index in [1.807, 2.05) is 0 Å². The van der Waals surface area contributed by atoms with Gasteiger partial charge in [-0.2, -0.15) is 0 Å². The molecule has 0 aliphatic carbocycles. The van der Waals surface area contributed by atoms with Gasteiger partial charge in [0.15, 0.2) is 0 Å². The number of nitrogens with zero attached hydrogens (tertiary/aromatic N) is 2. The summed E-state index contributed by atoms with van der Waals surface area (Å²) in [6, 6.07) is 4.74. The van der Waals surface area contributed by atoms with E-state index in [0.717, 1.165) is 12.8 Å². The van der Waals surface area contributed by atoms with Crippen molar-refractivity contribution in [2.24, 2.45) is 0 Å². The maximum Gasteiger partial charge on any atom is 0.325 e. The van der Waals surface area contributed by atoms with Crippen LogP contribution in [0.25, 0.3) is 0 Å². The number of ether oxygens (including phenoxy) is 3. The standard InChI is InChI=1S/C20H27N3O6/c1-27-14-6-7-15(16(12-14)28-2)21-19(26)23-11-5-9-20(23)8-4-10-22(18(20)25)13-17(24)29-3/h6-7,12H,4-5,8-11,13H2,1-3H3,(H,21,26). The van der Waals surface area contributed by atoms with Crippen LogP contribution in [-0.4, -0.2) is 74.2 Å². The number of amides is 3. The van der Waals surface area contributed by atoms with E-state index in [1.165, 1.54) is 19.1 Å². The van der Waals surface area contributed by atoms with Gasteiger partial charge in [0.05, 0.1) is 27.0 Å². The highest BCUT2D eigenvalue weighted by molar-refractivity contribution is 5.98. The molecule has 2 saturated heterocycles. The first-order chi connectivity index (χ1) is 13.9. The molecule has 9 heteroatoms. The van der Waals surface area contributed by atoms with E-state index in [9.17, 15) is 14.4 Å². The number of anilines is 1. The van der Waals surface area contributed by atoms with Gasteiger partial charge < -0.3 is 29.3 Å². The van der Waals surface area contributed by atoms with E-state index in [2.05, 4.69) is 5.32 Å². The zero-order chi connectivity index (χ0) is 21.0. The van der Waals surface area contributed by atoms with Gasteiger partial charge in [0.2, 0.25) is 5.91 Å². The molecule has 3 amide bonds. The minimum Gasteiger partial charge on any atom is -0.497 e. The number of hydrogen-bond donors (Lipinski definition) is 1. The molecule has 2 fully saturated rings. The summed E-state index contributed by atoms with van der Waals surface area (Å²) >= 11 is 0. The summed E-state index contributed by atoms with van der Waals surface area (Å²) in [5.41, 5.74) is -0.425. The van der Waals surface area contributed by atoms with Gasteiger partial charge in [-0.3, -0.25) is 9.59 Å². The number of urea groups is 1. The summed E-state index contributed by atoms with van der Waals surface area (Å²) < 4.78 is 15.2. The Kier molecular flexibility index (Phi) is 6.14. The summed E-state index contributed by atoms with van der Waals surface area (Å²) in [5.74, 6) is 0.419. The number of benzene rings is 1. The maximum atomic E-state index is 13.2. The Morgan fingerprint density at radius 2 is 1.83 bits per heavy atom. The van der Waals surface area contributed by atoms with Crippen LogP contribution in [0, 0.1) is 0 Å². The molecule has 29 heavy (non-hydrogen) atoms. The minimum atomic E-state index is -0.921. The van der Waals surface area contributed by atoms with Crippen molar-refractivity contribution in [2.45, 2.75) is 31.2 Å². The Bertz CT molecular complexity index is 798. The molecule has 0 bridgehead atoms. The van der Waals surface area contributed by atoms with Crippen LogP contribution in [0.1, 0.15) is 25.7 Å². The summed E-state index contributed by atoms with van der Waals surface area (Å²) in [6.45, 7) is 0.860. The van der Waals surface area contributed by atoms with E-state index in [-0.39, 0.29) is 18.5 Å². The SMILES string of the molecule is COC(=O)CN1CCCC2(CCCN2C(=O)Nc2ccc(OC)cc2OC)C1=O. The van der Waals surface area contributed by atoms with E-state index >= 15 is 0 Å². The largest absolute Gasteiger partial charge is 0.497 e. The van der Waals surface area contributed by atoms with Crippen molar-refractivity contribution < 1.29 is 28.6 Å². The molecule has 2 heterocycles. The number of hydrogen-bond acceptors (Lipinski definition) is 6. The molecule has 2 aliphatic rings. The van der Waals surface area contributed by atoms with Gasteiger partial charge in [0.1, 0.15) is 23.6 Å². The predicted octanol–water partition coefficient (Wildman–Crippen LogP) is 1.87. The van der Waals surface area contributed by atoms with Crippen LogP contribution in [0.5, 0.6) is 11.5 Å². The molecule has 1 spiro atoms. The molecule has 2 aliphatic heterocycles. The molecular weight excluding hydrogens is 378 g/mol. The lowest BCUT2D eigenvalue weighted by molar-refractivity contribution is -0.153. The molecule has 1 aromatic rings. The quantitative estimate of drug-likeness (QED) is 0.751. The third-order valence-corrected chi connectivity index (χ3v) is 5.64. The Morgan fingerprint density at radius 1 is 1.10 bits per heavy atom. The summed E-state index contributed by atoms with van der Waals surface area (Å²) in [4.78, 5) is 41.1. The molecule has 1 unspecified atom stereocenters. The van der Waals surface area contributed by atoms with Gasteiger partial charge in [-0.05, 0) is 37.8 Å². The molecule has 0 radical (unpaired) electrons. The number of carbonyl (C=O) groups is 3. The maximum absolute atomic E-state index is 13.2. The van der Waals surface area contributed by atoms with Crippen LogP contribution >= 0.6 is 0 Å². The van der Waals surface area contributed by atoms with E-state index in [0.29, 0.717) is 43.1 Å². The third kappa shape index (κ3) is 3.94. The summed E-state index contributed by atoms with van der Waals surface area (Å²) in [6.07, 6.45) is 2.61. The fourth-order valence-electron chi connectivity index (χ4n) is 4.18. The van der Waals surface area contributed by atoms with Crippen LogP contribution in [0.2, 0.25) is 0 Å². The minimum absolute atomic E-state index is 0.0984. The Labute approximate surface area is 169 Å². The number of carbonyl (C=O) groups excluding carboxylic acids is 3. The fraction of sp³-hybridized carbons (Fsp3) is 0.550. The second kappa shape index (κ2) is 8.59. The highest BCUT2D eigenvalue weighted by Gasteiger charge is 2.53. The van der Waals surface area contributed by atoms with E-state index in [1.54, 1.807) is 30.2 Å². The molecule has 1 aromatic carbocycles. The first-order valence-electron chi connectivity index (χ1n) is 9.62. The monoisotopic (exact) mass is 405 g/mol. The molecular formula is C20H27N3O6. The lowest BCUT2D eigenvalue weighted by Crippen LogP contribution is -2.62. The molecule has 3 rings (SSSR count). The number of methoxy groups -OCH3 is 3. The van der Waals surface area contributed by atoms with Crippen LogP contribution in [0.15, 0.2) is 18.2 Å². The van der Waals surface area contributed by atoms with Gasteiger partial charge in [0, 0.05) is 19.2 Å². The Hall–Kier alpha value is -2.97. The Balaban J connectivity index is 1.80. The predicted molar refractivity (Wildman–Crippen MR) is 105 cm³/mol. The molecule has 158 valence electrons. The third-order valence-electron chi connectivity index (χ3n) is 5.64. The lowest BCUT2D eigenvalue weighted by Gasteiger charge is -2.44. The number of nitrogens with one attached hydrogen (secondary N) is 1. The normalized spacial score (nSPS) is 21.3. The second-order valence-corrected chi connectivity index (χ2v) is 7.19. The van der Waals surface area contributed by atoms with Gasteiger partial charge in [0.25, 0.3) is 0 Å². The van der Waals surface area contributed by atoms with Crippen LogP contribution < -0.4 is 14.8 Å². The molecule has 9 nitrogen and oxygen atoms in total. The molecule has 1 atom stereocenters. The Morgan fingerprint density at radius 3 is 2.48 bits per heavy atom. The van der Waals surface area contributed by atoms with Crippen molar-refractivity contribution in [1.82, 2.24) is 9.80 Å². The zero-order valence-corrected chi connectivity index (χ0v) is 17.0. The summed E-state index contributed by atoms with van der Waals surface area (Å²) in [7, 11) is 4.36. The van der Waals surface area contributed by atoms with Crippen LogP contribution in [0.4, 0.5) is 10.5 Å². The first-order valence-corrected chi connectivity index (χ1v) is 9.62. The first kappa shape index (κ1) is 20.8. The van der Waals surface area contributed by atoms with E-state index < -0.39 is 11.5 Å². The average molecular weight is 405 g/mol. The number of piperidine rings is 1. The van der Waals surface area contributed by atoms with E-state index in [4.69, 9.17) is 14.2 Å². The molecule has 1 N–H and O–H groups in total. The van der Waals surface area contributed by atoms with Crippen molar-refractivity contribution in [3.63, 3.8) is 0 Å². The van der Waals surface area contributed by atoms with Crippen molar-refractivity contribution in [3.8, 4) is 11.5 Å². The van der Waals surface area contributed by atoms with Crippen molar-refractivity contribution >= 4 is 23.6 Å². The number of esters is 1. The molecule has 0 saturated carbocycles. The van der Waals surface area contributed by atoms with Gasteiger partial charge in [-0.25, -0.2) is 4.79 Å². The highest BCUT2D eigenvalue weighted by Crippen LogP contribution is 2.39. The van der Waals surface area contributed by atoms with Gasteiger partial charge >= 0.3 is 12.0 Å². The molecule has 0 aromatic heterocycles. The van der Waals surface area contributed by atoms with Crippen molar-refractivity contribution in [2.75, 3.05) is 46.3 Å². The summed E-state index contributed by atoms with van der Waals surface area (Å²) in [5, 5.41) is 2.86. The number of likely N-dealkylation sites (tertiary alicyclic amines) is 2. The zero-order valence-electron chi connectivity index (χ0n) is 17.0. The van der Waals surface area contributed by atoms with Crippen molar-refractivity contribution in [1.29, 1.82) is 0 Å². The highest BCUT2D eigenvalue weighted by atomic mass is 16.5. The fourth-order valence-corrected chi connectivity index (χ4v) is 4.18. The topological polar surface area (TPSA) is 97.4 Å². The van der Waals surface area contributed by atoms with Crippen molar-refractivity contribution in [3.05, 3.63) is 18.2 Å². The number of rotatable bonds is 5. The van der Waals surface area contributed by atoms with Crippen LogP contribution in [-0.2, 0) is 14.3 Å². The lowest BCUT2D eigenvalue weighted by atomic mass is 9.85.